The number of carbonyl (C=O) groups is 2. The predicted octanol–water partition coefficient (Wildman–Crippen LogP) is 3.09. The highest BCUT2D eigenvalue weighted by Gasteiger charge is 2.13. The molecule has 0 radical (unpaired) electrons. The number of halogens is 1. The van der Waals surface area contributed by atoms with Gasteiger partial charge in [-0.1, -0.05) is 41.9 Å². The third kappa shape index (κ3) is 3.70. The molecule has 0 fully saturated rings. The second-order valence-electron chi connectivity index (χ2n) is 4.95. The van der Waals surface area contributed by atoms with E-state index >= 15 is 0 Å². The van der Waals surface area contributed by atoms with E-state index in [1.807, 2.05) is 18.2 Å². The number of carbonyl (C=O) groups excluding carboxylic acids is 2. The lowest BCUT2D eigenvalue weighted by Gasteiger charge is -2.06. The predicted molar refractivity (Wildman–Crippen MR) is 87.0 cm³/mol. The highest BCUT2D eigenvalue weighted by molar-refractivity contribution is 6.30. The fraction of sp³-hybridized carbons (Fsp3) is 0.0588. The monoisotopic (exact) mass is 328 g/mol. The van der Waals surface area contributed by atoms with Gasteiger partial charge in [-0.15, -0.1) is 0 Å². The van der Waals surface area contributed by atoms with Crippen LogP contribution in [0, 0.1) is 0 Å². The van der Waals surface area contributed by atoms with Crippen molar-refractivity contribution in [1.29, 1.82) is 0 Å². The molecule has 23 heavy (non-hydrogen) atoms. The maximum Gasteiger partial charge on any atom is 0.305 e. The Hall–Kier alpha value is -2.79. The van der Waals surface area contributed by atoms with Gasteiger partial charge < -0.3 is 4.42 Å². The second kappa shape index (κ2) is 6.54. The van der Waals surface area contributed by atoms with E-state index in [1.165, 1.54) is 0 Å². The minimum absolute atomic E-state index is 0.136. The molecule has 2 aromatic carbocycles. The minimum atomic E-state index is -0.509. The van der Waals surface area contributed by atoms with Crippen molar-refractivity contribution in [3.05, 3.63) is 70.9 Å². The van der Waals surface area contributed by atoms with Gasteiger partial charge in [0.1, 0.15) is 5.58 Å². The van der Waals surface area contributed by atoms with E-state index in [0.29, 0.717) is 10.6 Å². The Bertz CT molecular complexity index is 823. The molecule has 3 aromatic rings. The van der Waals surface area contributed by atoms with Crippen molar-refractivity contribution in [2.75, 3.05) is 0 Å². The van der Waals surface area contributed by atoms with E-state index in [2.05, 4.69) is 10.9 Å². The first kappa shape index (κ1) is 15.1. The molecule has 2 amide bonds. The molecule has 1 aromatic heterocycles. The van der Waals surface area contributed by atoms with Crippen molar-refractivity contribution in [3.8, 4) is 0 Å². The number of hydrogen-bond donors (Lipinski definition) is 2. The van der Waals surface area contributed by atoms with Gasteiger partial charge in [-0.2, -0.15) is 0 Å². The Morgan fingerprint density at radius 2 is 1.74 bits per heavy atom. The molecule has 1 heterocycles. The Morgan fingerprint density at radius 3 is 2.48 bits per heavy atom. The van der Waals surface area contributed by atoms with Gasteiger partial charge in [-0.25, -0.2) is 0 Å². The van der Waals surface area contributed by atoms with Crippen molar-refractivity contribution in [2.24, 2.45) is 0 Å². The zero-order valence-electron chi connectivity index (χ0n) is 12.0. The standard InChI is InChI=1S/C17H13ClN2O3/c18-13-7-5-11(6-8-13)9-16(21)19-20-17(22)15-10-12-3-1-2-4-14(12)23-15/h1-8,10H,9H2,(H,19,21)(H,20,22). The van der Waals surface area contributed by atoms with Crippen LogP contribution in [0.4, 0.5) is 0 Å². The van der Waals surface area contributed by atoms with Gasteiger partial charge in [0.05, 0.1) is 6.42 Å². The minimum Gasteiger partial charge on any atom is -0.451 e. The zero-order valence-corrected chi connectivity index (χ0v) is 12.8. The van der Waals surface area contributed by atoms with Crippen LogP contribution in [0.3, 0.4) is 0 Å². The first-order valence-corrected chi connectivity index (χ1v) is 7.32. The maximum absolute atomic E-state index is 12.0. The number of nitrogens with one attached hydrogen (secondary N) is 2. The molecule has 0 spiro atoms. The van der Waals surface area contributed by atoms with E-state index in [1.54, 1.807) is 36.4 Å². The number of hydrazine groups is 1. The average Bonchev–Trinajstić information content (AvgIpc) is 2.99. The summed E-state index contributed by atoms with van der Waals surface area (Å²) in [6, 6.07) is 15.8. The van der Waals surface area contributed by atoms with Crippen molar-refractivity contribution >= 4 is 34.4 Å². The summed E-state index contributed by atoms with van der Waals surface area (Å²) < 4.78 is 5.42. The Labute approximate surface area is 137 Å². The van der Waals surface area contributed by atoms with E-state index in [4.69, 9.17) is 16.0 Å². The van der Waals surface area contributed by atoms with Gasteiger partial charge in [0.25, 0.3) is 0 Å². The van der Waals surface area contributed by atoms with Crippen LogP contribution in [-0.2, 0) is 11.2 Å². The first-order valence-electron chi connectivity index (χ1n) is 6.94. The van der Waals surface area contributed by atoms with Crippen LogP contribution < -0.4 is 10.9 Å². The van der Waals surface area contributed by atoms with Crippen LogP contribution in [0.1, 0.15) is 16.1 Å². The quantitative estimate of drug-likeness (QED) is 0.726. The molecule has 116 valence electrons. The summed E-state index contributed by atoms with van der Waals surface area (Å²) in [5, 5.41) is 1.43. The number of fused-ring (bicyclic) bond motifs is 1. The number of benzene rings is 2. The SMILES string of the molecule is O=C(Cc1ccc(Cl)cc1)NNC(=O)c1cc2ccccc2o1. The topological polar surface area (TPSA) is 71.3 Å². The summed E-state index contributed by atoms with van der Waals surface area (Å²) in [6.07, 6.45) is 0.136. The van der Waals surface area contributed by atoms with Crippen molar-refractivity contribution in [1.82, 2.24) is 10.9 Å². The molecule has 3 rings (SSSR count). The third-order valence-electron chi connectivity index (χ3n) is 3.24. The molecule has 0 saturated heterocycles. The Balaban J connectivity index is 1.57. The summed E-state index contributed by atoms with van der Waals surface area (Å²) in [5.74, 6) is -0.708. The Kier molecular flexibility index (Phi) is 4.30. The van der Waals surface area contributed by atoms with E-state index in [0.717, 1.165) is 10.9 Å². The second-order valence-corrected chi connectivity index (χ2v) is 5.39. The van der Waals surface area contributed by atoms with Crippen LogP contribution in [0.5, 0.6) is 0 Å². The molecule has 6 heteroatoms. The van der Waals surface area contributed by atoms with Crippen LogP contribution in [-0.4, -0.2) is 11.8 Å². The molecule has 0 bridgehead atoms. The van der Waals surface area contributed by atoms with Gasteiger partial charge in [-0.05, 0) is 29.8 Å². The molecule has 0 atom stereocenters. The van der Waals surface area contributed by atoms with Gasteiger partial charge >= 0.3 is 5.91 Å². The third-order valence-corrected chi connectivity index (χ3v) is 3.49. The number of para-hydroxylation sites is 1. The highest BCUT2D eigenvalue weighted by Crippen LogP contribution is 2.18. The van der Waals surface area contributed by atoms with E-state index in [-0.39, 0.29) is 18.1 Å². The van der Waals surface area contributed by atoms with Crippen LogP contribution in [0.15, 0.2) is 59.0 Å². The van der Waals surface area contributed by atoms with Gasteiger partial charge in [0.2, 0.25) is 5.91 Å². The maximum atomic E-state index is 12.0. The van der Waals surface area contributed by atoms with Crippen molar-refractivity contribution < 1.29 is 14.0 Å². The number of amides is 2. The van der Waals surface area contributed by atoms with Crippen LogP contribution in [0.2, 0.25) is 5.02 Å². The zero-order chi connectivity index (χ0) is 16.2. The van der Waals surface area contributed by atoms with Crippen LogP contribution in [0.25, 0.3) is 11.0 Å². The summed E-state index contributed by atoms with van der Waals surface area (Å²) in [5.41, 5.74) is 6.10. The molecule has 2 N–H and O–H groups in total. The van der Waals surface area contributed by atoms with Crippen molar-refractivity contribution in [3.63, 3.8) is 0 Å². The van der Waals surface area contributed by atoms with E-state index < -0.39 is 5.91 Å². The number of hydrogen-bond acceptors (Lipinski definition) is 3. The fourth-order valence-electron chi connectivity index (χ4n) is 2.11. The molecule has 0 unspecified atom stereocenters. The summed E-state index contributed by atoms with van der Waals surface area (Å²) in [4.78, 5) is 23.8. The van der Waals surface area contributed by atoms with Gasteiger partial charge in [-0.3, -0.25) is 20.4 Å². The first-order chi connectivity index (χ1) is 11.1. The average molecular weight is 329 g/mol. The fourth-order valence-corrected chi connectivity index (χ4v) is 2.24. The largest absolute Gasteiger partial charge is 0.451 e. The number of rotatable bonds is 3. The van der Waals surface area contributed by atoms with Gasteiger partial charge in [0, 0.05) is 10.4 Å². The lowest BCUT2D eigenvalue weighted by molar-refractivity contribution is -0.121. The highest BCUT2D eigenvalue weighted by atomic mass is 35.5. The molecule has 0 saturated carbocycles. The molecule has 0 aliphatic rings. The van der Waals surface area contributed by atoms with Crippen molar-refractivity contribution in [2.45, 2.75) is 6.42 Å². The normalized spacial score (nSPS) is 10.5. The lowest BCUT2D eigenvalue weighted by atomic mass is 10.1. The molecule has 0 aliphatic carbocycles. The van der Waals surface area contributed by atoms with Crippen LogP contribution >= 0.6 is 11.6 Å². The smallest absolute Gasteiger partial charge is 0.305 e. The summed E-state index contributed by atoms with van der Waals surface area (Å²) >= 11 is 5.78. The molecule has 5 nitrogen and oxygen atoms in total. The molecular formula is C17H13ClN2O3. The lowest BCUT2D eigenvalue weighted by Crippen LogP contribution is -2.42. The Morgan fingerprint density at radius 1 is 1.00 bits per heavy atom. The molecule has 0 aliphatic heterocycles. The molecular weight excluding hydrogens is 316 g/mol. The van der Waals surface area contributed by atoms with E-state index in [9.17, 15) is 9.59 Å². The summed E-state index contributed by atoms with van der Waals surface area (Å²) in [7, 11) is 0. The number of furan rings is 1. The van der Waals surface area contributed by atoms with Gasteiger partial charge in [0.15, 0.2) is 5.76 Å². The summed E-state index contributed by atoms with van der Waals surface area (Å²) in [6.45, 7) is 0.